The predicted molar refractivity (Wildman–Crippen MR) is 51.8 cm³/mol. The third-order valence-electron chi connectivity index (χ3n) is 2.72. The van der Waals surface area contributed by atoms with Crippen LogP contribution in [0.1, 0.15) is 26.2 Å². The van der Waals surface area contributed by atoms with Crippen LogP contribution in [0.5, 0.6) is 0 Å². The van der Waals surface area contributed by atoms with Gasteiger partial charge >= 0.3 is 5.97 Å². The van der Waals surface area contributed by atoms with Gasteiger partial charge in [0.1, 0.15) is 6.04 Å². The van der Waals surface area contributed by atoms with Crippen LogP contribution in [0.3, 0.4) is 0 Å². The lowest BCUT2D eigenvalue weighted by Gasteiger charge is -2.35. The van der Waals surface area contributed by atoms with Crippen molar-refractivity contribution in [2.45, 2.75) is 38.2 Å². The molecule has 1 aliphatic rings. The monoisotopic (exact) mass is 221 g/mol. The molecule has 1 unspecified atom stereocenters. The van der Waals surface area contributed by atoms with Gasteiger partial charge in [-0.05, 0) is 18.9 Å². The minimum atomic E-state index is -2.49. The summed E-state index contributed by atoms with van der Waals surface area (Å²) in [5.41, 5.74) is 0. The second-order valence-corrected chi connectivity index (χ2v) is 4.02. The molecule has 0 radical (unpaired) electrons. The molecule has 0 aromatic rings. The van der Waals surface area contributed by atoms with E-state index in [0.29, 0.717) is 13.0 Å². The fraction of sp³-hybridized carbons (Fsp3) is 0.900. The molecule has 0 bridgehead atoms. The summed E-state index contributed by atoms with van der Waals surface area (Å²) < 4.78 is 29.6. The van der Waals surface area contributed by atoms with E-state index in [0.717, 1.165) is 0 Å². The van der Waals surface area contributed by atoms with Gasteiger partial charge in [0.25, 0.3) is 0 Å². The van der Waals surface area contributed by atoms with Crippen molar-refractivity contribution < 1.29 is 18.3 Å². The molecule has 0 spiro atoms. The summed E-state index contributed by atoms with van der Waals surface area (Å²) in [6.45, 7) is 2.31. The van der Waals surface area contributed by atoms with Gasteiger partial charge < -0.3 is 10.1 Å². The average Bonchev–Trinajstić information content (AvgIpc) is 2.15. The molecule has 1 fully saturated rings. The maximum Gasteiger partial charge on any atom is 0.322 e. The van der Waals surface area contributed by atoms with Crippen LogP contribution in [0.15, 0.2) is 0 Å². The topological polar surface area (TPSA) is 38.3 Å². The zero-order valence-electron chi connectivity index (χ0n) is 9.06. The van der Waals surface area contributed by atoms with Crippen molar-refractivity contribution in [3.05, 3.63) is 0 Å². The number of rotatable bonds is 5. The van der Waals surface area contributed by atoms with E-state index in [1.807, 2.05) is 6.92 Å². The van der Waals surface area contributed by atoms with Gasteiger partial charge in [-0.1, -0.05) is 6.92 Å². The molecule has 1 atom stereocenters. The quantitative estimate of drug-likeness (QED) is 0.716. The molecule has 88 valence electrons. The SMILES string of the molecule is CCC(NCC1CC(F)(F)C1)C(=O)OC. The van der Waals surface area contributed by atoms with Crippen LogP contribution in [0.2, 0.25) is 0 Å². The molecule has 0 aliphatic heterocycles. The van der Waals surface area contributed by atoms with Crippen molar-refractivity contribution >= 4 is 5.97 Å². The van der Waals surface area contributed by atoms with Gasteiger partial charge in [-0.2, -0.15) is 0 Å². The van der Waals surface area contributed by atoms with E-state index in [1.54, 1.807) is 0 Å². The molecular formula is C10H17F2NO2. The van der Waals surface area contributed by atoms with Crippen molar-refractivity contribution in [1.82, 2.24) is 5.32 Å². The lowest BCUT2D eigenvalue weighted by atomic mass is 9.81. The van der Waals surface area contributed by atoms with Gasteiger partial charge in [0.15, 0.2) is 0 Å². The highest BCUT2D eigenvalue weighted by atomic mass is 19.3. The zero-order chi connectivity index (χ0) is 11.5. The summed E-state index contributed by atoms with van der Waals surface area (Å²) in [6.07, 6.45) is 0.463. The average molecular weight is 221 g/mol. The van der Waals surface area contributed by atoms with Crippen LogP contribution < -0.4 is 5.32 Å². The Morgan fingerprint density at radius 3 is 2.60 bits per heavy atom. The van der Waals surface area contributed by atoms with E-state index in [-0.39, 0.29) is 30.8 Å². The van der Waals surface area contributed by atoms with Crippen LogP contribution in [0.25, 0.3) is 0 Å². The number of esters is 1. The third kappa shape index (κ3) is 3.41. The minimum absolute atomic E-state index is 0.0151. The highest BCUT2D eigenvalue weighted by Gasteiger charge is 2.45. The number of halogens is 2. The minimum Gasteiger partial charge on any atom is -0.468 e. The molecule has 0 aromatic carbocycles. The maximum absolute atomic E-state index is 12.5. The van der Waals surface area contributed by atoms with Crippen molar-refractivity contribution in [2.75, 3.05) is 13.7 Å². The van der Waals surface area contributed by atoms with Crippen LogP contribution in [-0.2, 0) is 9.53 Å². The standard InChI is InChI=1S/C10H17F2NO2/c1-3-8(9(14)15-2)13-6-7-4-10(11,12)5-7/h7-8,13H,3-6H2,1-2H3. The molecule has 1 saturated carbocycles. The fourth-order valence-corrected chi connectivity index (χ4v) is 1.77. The van der Waals surface area contributed by atoms with Gasteiger partial charge in [0.2, 0.25) is 5.92 Å². The van der Waals surface area contributed by atoms with Gasteiger partial charge in [0, 0.05) is 12.8 Å². The highest BCUT2D eigenvalue weighted by Crippen LogP contribution is 2.41. The second kappa shape index (κ2) is 4.88. The molecular weight excluding hydrogens is 204 g/mol. The van der Waals surface area contributed by atoms with Crippen molar-refractivity contribution in [2.24, 2.45) is 5.92 Å². The number of hydrogen-bond acceptors (Lipinski definition) is 3. The summed E-state index contributed by atoms with van der Waals surface area (Å²) in [5, 5.41) is 2.95. The first-order valence-corrected chi connectivity index (χ1v) is 5.17. The Morgan fingerprint density at radius 1 is 1.60 bits per heavy atom. The molecule has 1 rings (SSSR count). The summed E-state index contributed by atoms with van der Waals surface area (Å²) >= 11 is 0. The van der Waals surface area contributed by atoms with Crippen molar-refractivity contribution in [1.29, 1.82) is 0 Å². The summed E-state index contributed by atoms with van der Waals surface area (Å²) in [6, 6.07) is -0.371. The van der Waals surface area contributed by atoms with Crippen LogP contribution >= 0.6 is 0 Å². The number of carbonyl (C=O) groups is 1. The third-order valence-corrected chi connectivity index (χ3v) is 2.72. The number of methoxy groups -OCH3 is 1. The fourth-order valence-electron chi connectivity index (χ4n) is 1.77. The van der Waals surface area contributed by atoms with E-state index in [1.165, 1.54) is 7.11 Å². The second-order valence-electron chi connectivity index (χ2n) is 4.02. The first-order valence-electron chi connectivity index (χ1n) is 5.17. The Balaban J connectivity index is 2.21. The normalized spacial score (nSPS) is 21.9. The molecule has 0 aromatic heterocycles. The van der Waals surface area contributed by atoms with Gasteiger partial charge in [-0.3, -0.25) is 4.79 Å². The van der Waals surface area contributed by atoms with E-state index in [9.17, 15) is 13.6 Å². The summed E-state index contributed by atoms with van der Waals surface area (Å²) in [4.78, 5) is 11.2. The smallest absolute Gasteiger partial charge is 0.322 e. The maximum atomic E-state index is 12.5. The zero-order valence-corrected chi connectivity index (χ0v) is 9.06. The lowest BCUT2D eigenvalue weighted by Crippen LogP contribution is -2.46. The predicted octanol–water partition coefficient (Wildman–Crippen LogP) is 1.57. The van der Waals surface area contributed by atoms with Crippen molar-refractivity contribution in [3.8, 4) is 0 Å². The Hall–Kier alpha value is -0.710. The van der Waals surface area contributed by atoms with Crippen LogP contribution in [0, 0.1) is 5.92 Å². The number of carbonyl (C=O) groups excluding carboxylic acids is 1. The van der Waals surface area contributed by atoms with Crippen LogP contribution in [0.4, 0.5) is 8.78 Å². The molecule has 1 aliphatic carbocycles. The largest absolute Gasteiger partial charge is 0.468 e. The number of hydrogen-bond donors (Lipinski definition) is 1. The highest BCUT2D eigenvalue weighted by molar-refractivity contribution is 5.75. The van der Waals surface area contributed by atoms with Gasteiger partial charge in [0.05, 0.1) is 7.11 Å². The van der Waals surface area contributed by atoms with Gasteiger partial charge in [-0.15, -0.1) is 0 Å². The number of ether oxygens (including phenoxy) is 1. The molecule has 0 heterocycles. The lowest BCUT2D eigenvalue weighted by molar-refractivity contribution is -0.143. The number of nitrogens with one attached hydrogen (secondary N) is 1. The molecule has 0 amide bonds. The molecule has 5 heteroatoms. The molecule has 15 heavy (non-hydrogen) atoms. The molecule has 0 saturated heterocycles. The number of alkyl halides is 2. The molecule has 3 nitrogen and oxygen atoms in total. The first kappa shape index (κ1) is 12.4. The van der Waals surface area contributed by atoms with Crippen LogP contribution in [-0.4, -0.2) is 31.6 Å². The summed E-state index contributed by atoms with van der Waals surface area (Å²) in [5.74, 6) is -2.83. The molecule has 1 N–H and O–H groups in total. The van der Waals surface area contributed by atoms with E-state index in [4.69, 9.17) is 0 Å². The van der Waals surface area contributed by atoms with E-state index >= 15 is 0 Å². The Morgan fingerprint density at radius 2 is 2.20 bits per heavy atom. The Labute approximate surface area is 88.2 Å². The first-order chi connectivity index (χ1) is 6.98. The Kier molecular flexibility index (Phi) is 4.02. The van der Waals surface area contributed by atoms with Gasteiger partial charge in [-0.25, -0.2) is 8.78 Å². The summed E-state index contributed by atoms with van der Waals surface area (Å²) in [7, 11) is 1.32. The van der Waals surface area contributed by atoms with Crippen molar-refractivity contribution in [3.63, 3.8) is 0 Å². The van der Waals surface area contributed by atoms with E-state index in [2.05, 4.69) is 10.1 Å². The van der Waals surface area contributed by atoms with E-state index < -0.39 is 5.92 Å². The Bertz CT molecular complexity index is 225.